The van der Waals surface area contributed by atoms with Crippen LogP contribution in [0.25, 0.3) is 0 Å². The van der Waals surface area contributed by atoms with Gasteiger partial charge in [0.1, 0.15) is 11.3 Å². The van der Waals surface area contributed by atoms with Crippen LogP contribution in [-0.2, 0) is 4.74 Å². The minimum absolute atomic E-state index is 0.154. The third kappa shape index (κ3) is 4.19. The number of nitrogens with one attached hydrogen (secondary N) is 2. The van der Waals surface area contributed by atoms with E-state index in [0.717, 1.165) is 0 Å². The summed E-state index contributed by atoms with van der Waals surface area (Å²) in [7, 11) is 1.58. The smallest absolute Gasteiger partial charge is 0.339 e. The first kappa shape index (κ1) is 14.2. The van der Waals surface area contributed by atoms with E-state index >= 15 is 0 Å². The van der Waals surface area contributed by atoms with Crippen LogP contribution in [0.4, 0.5) is 5.69 Å². The van der Waals surface area contributed by atoms with Gasteiger partial charge in [0.15, 0.2) is 5.11 Å². The van der Waals surface area contributed by atoms with Crippen molar-refractivity contribution in [1.82, 2.24) is 5.32 Å². The molecule has 98 valence electrons. The van der Waals surface area contributed by atoms with Gasteiger partial charge in [0, 0.05) is 25.4 Å². The lowest BCUT2D eigenvalue weighted by Gasteiger charge is -2.10. The van der Waals surface area contributed by atoms with Crippen LogP contribution < -0.4 is 10.6 Å². The van der Waals surface area contributed by atoms with E-state index in [0.29, 0.717) is 24.0 Å². The Bertz CT molecular complexity index is 451. The number of methoxy groups -OCH3 is 1. The summed E-state index contributed by atoms with van der Waals surface area (Å²) in [6.45, 7) is 1.08. The largest absolute Gasteiger partial charge is 0.507 e. The highest BCUT2D eigenvalue weighted by Crippen LogP contribution is 2.21. The number of thiocarbonyl (C=S) groups is 1. The number of carboxylic acids is 1. The van der Waals surface area contributed by atoms with Gasteiger partial charge < -0.3 is 25.6 Å². The van der Waals surface area contributed by atoms with Gasteiger partial charge in [0.2, 0.25) is 0 Å². The van der Waals surface area contributed by atoms with Crippen molar-refractivity contribution < 1.29 is 19.7 Å². The predicted octanol–water partition coefficient (Wildman–Crippen LogP) is 1.02. The molecule has 0 atom stereocenters. The maximum absolute atomic E-state index is 10.7. The van der Waals surface area contributed by atoms with Crippen molar-refractivity contribution in [1.29, 1.82) is 0 Å². The van der Waals surface area contributed by atoms with Crippen molar-refractivity contribution in [3.05, 3.63) is 23.8 Å². The summed E-state index contributed by atoms with van der Waals surface area (Å²) >= 11 is 5.00. The van der Waals surface area contributed by atoms with E-state index in [-0.39, 0.29) is 11.3 Å². The van der Waals surface area contributed by atoms with Gasteiger partial charge in [-0.05, 0) is 24.4 Å². The Balaban J connectivity index is 2.60. The molecule has 6 nitrogen and oxygen atoms in total. The van der Waals surface area contributed by atoms with Crippen molar-refractivity contribution in [2.24, 2.45) is 0 Å². The number of benzene rings is 1. The van der Waals surface area contributed by atoms with E-state index in [1.165, 1.54) is 18.2 Å². The molecule has 0 amide bonds. The third-order valence-electron chi connectivity index (χ3n) is 2.08. The lowest BCUT2D eigenvalue weighted by Crippen LogP contribution is -2.31. The fourth-order valence-corrected chi connectivity index (χ4v) is 1.45. The number of ether oxygens (including phenoxy) is 1. The highest BCUT2D eigenvalue weighted by molar-refractivity contribution is 7.80. The molecule has 0 heterocycles. The Labute approximate surface area is 110 Å². The van der Waals surface area contributed by atoms with E-state index < -0.39 is 5.97 Å². The van der Waals surface area contributed by atoms with Crippen LogP contribution in [0.15, 0.2) is 18.2 Å². The third-order valence-corrected chi connectivity index (χ3v) is 2.32. The van der Waals surface area contributed by atoms with Crippen LogP contribution in [0.5, 0.6) is 5.75 Å². The minimum atomic E-state index is -1.18. The van der Waals surface area contributed by atoms with Crippen LogP contribution in [-0.4, -0.2) is 41.6 Å². The lowest BCUT2D eigenvalue weighted by molar-refractivity contribution is 0.0694. The molecular weight excluding hydrogens is 256 g/mol. The topological polar surface area (TPSA) is 90.8 Å². The number of aromatic carboxylic acids is 1. The predicted molar refractivity (Wildman–Crippen MR) is 71.2 cm³/mol. The van der Waals surface area contributed by atoms with Crippen LogP contribution in [0.1, 0.15) is 10.4 Å². The summed E-state index contributed by atoms with van der Waals surface area (Å²) in [4.78, 5) is 10.7. The summed E-state index contributed by atoms with van der Waals surface area (Å²) in [5.74, 6) is -1.49. The van der Waals surface area contributed by atoms with Crippen molar-refractivity contribution in [2.45, 2.75) is 0 Å². The Kier molecular flexibility index (Phi) is 5.34. The molecule has 4 N–H and O–H groups in total. The number of anilines is 1. The molecule has 0 bridgehead atoms. The first-order valence-electron chi connectivity index (χ1n) is 5.14. The molecule has 0 saturated carbocycles. The number of phenols is 1. The number of aromatic hydroxyl groups is 1. The van der Waals surface area contributed by atoms with Crippen molar-refractivity contribution in [3.8, 4) is 5.75 Å². The molecular formula is C11H14N2O4S. The summed E-state index contributed by atoms with van der Waals surface area (Å²) in [5.41, 5.74) is 0.353. The molecule has 0 aliphatic rings. The normalized spacial score (nSPS) is 9.83. The Morgan fingerprint density at radius 1 is 1.50 bits per heavy atom. The Morgan fingerprint density at radius 3 is 2.78 bits per heavy atom. The van der Waals surface area contributed by atoms with Crippen molar-refractivity contribution >= 4 is 29.0 Å². The van der Waals surface area contributed by atoms with Gasteiger partial charge >= 0.3 is 5.97 Å². The molecule has 18 heavy (non-hydrogen) atoms. The molecule has 1 rings (SSSR count). The number of carboxylic acid groups (broad SMARTS) is 1. The zero-order valence-electron chi connectivity index (χ0n) is 9.77. The van der Waals surface area contributed by atoms with E-state index in [1.54, 1.807) is 7.11 Å². The maximum Gasteiger partial charge on any atom is 0.339 e. The molecule has 0 aliphatic carbocycles. The van der Waals surface area contributed by atoms with Gasteiger partial charge in [-0.25, -0.2) is 4.79 Å². The van der Waals surface area contributed by atoms with Gasteiger partial charge in [-0.1, -0.05) is 0 Å². The SMILES string of the molecule is COCCNC(=S)Nc1ccc(C(=O)O)c(O)c1. The Hall–Kier alpha value is -1.86. The number of hydrogen-bond donors (Lipinski definition) is 4. The van der Waals surface area contributed by atoms with Crippen LogP contribution in [0, 0.1) is 0 Å². The van der Waals surface area contributed by atoms with Gasteiger partial charge in [-0.3, -0.25) is 0 Å². The summed E-state index contributed by atoms with van der Waals surface area (Å²) < 4.78 is 4.85. The first-order valence-corrected chi connectivity index (χ1v) is 5.55. The quantitative estimate of drug-likeness (QED) is 0.469. The fourth-order valence-electron chi connectivity index (χ4n) is 1.23. The highest BCUT2D eigenvalue weighted by Gasteiger charge is 2.09. The molecule has 0 aliphatic heterocycles. The van der Waals surface area contributed by atoms with E-state index in [9.17, 15) is 9.90 Å². The van der Waals surface area contributed by atoms with Crippen molar-refractivity contribution in [2.75, 3.05) is 25.6 Å². The van der Waals surface area contributed by atoms with Gasteiger partial charge in [0.05, 0.1) is 6.61 Å². The molecule has 1 aromatic rings. The molecule has 0 unspecified atom stereocenters. The molecule has 0 radical (unpaired) electrons. The molecule has 1 aromatic carbocycles. The zero-order valence-corrected chi connectivity index (χ0v) is 10.6. The second-order valence-electron chi connectivity index (χ2n) is 3.41. The highest BCUT2D eigenvalue weighted by atomic mass is 32.1. The summed E-state index contributed by atoms with van der Waals surface area (Å²) in [6, 6.07) is 4.12. The van der Waals surface area contributed by atoms with E-state index in [1.807, 2.05) is 0 Å². The van der Waals surface area contributed by atoms with E-state index in [4.69, 9.17) is 22.1 Å². The molecule has 0 spiro atoms. The summed E-state index contributed by atoms with van der Waals surface area (Å²) in [6.07, 6.45) is 0. The van der Waals surface area contributed by atoms with Gasteiger partial charge in [-0.15, -0.1) is 0 Å². The average Bonchev–Trinajstić information content (AvgIpc) is 2.28. The number of hydrogen-bond acceptors (Lipinski definition) is 4. The maximum atomic E-state index is 10.7. The van der Waals surface area contributed by atoms with Crippen molar-refractivity contribution in [3.63, 3.8) is 0 Å². The average molecular weight is 270 g/mol. The van der Waals surface area contributed by atoms with Crippen LogP contribution in [0.2, 0.25) is 0 Å². The monoisotopic (exact) mass is 270 g/mol. The second-order valence-corrected chi connectivity index (χ2v) is 3.82. The number of rotatable bonds is 5. The van der Waals surface area contributed by atoms with Crippen LogP contribution >= 0.6 is 12.2 Å². The lowest BCUT2D eigenvalue weighted by atomic mass is 10.2. The molecule has 7 heteroatoms. The second kappa shape index (κ2) is 6.77. The number of carbonyl (C=O) groups is 1. The van der Waals surface area contributed by atoms with Crippen LogP contribution in [0.3, 0.4) is 0 Å². The zero-order chi connectivity index (χ0) is 13.5. The molecule has 0 fully saturated rings. The van der Waals surface area contributed by atoms with Gasteiger partial charge in [0.25, 0.3) is 0 Å². The first-order chi connectivity index (χ1) is 8.54. The fraction of sp³-hybridized carbons (Fsp3) is 0.273. The summed E-state index contributed by atoms with van der Waals surface area (Å²) in [5, 5.41) is 24.3. The molecule has 0 saturated heterocycles. The standard InChI is InChI=1S/C11H14N2O4S/c1-17-5-4-12-11(18)13-7-2-3-8(10(15)16)9(14)6-7/h2-3,6,14H,4-5H2,1H3,(H,15,16)(H2,12,13,18). The molecule has 0 aromatic heterocycles. The van der Waals surface area contributed by atoms with Gasteiger partial charge in [-0.2, -0.15) is 0 Å². The minimum Gasteiger partial charge on any atom is -0.507 e. The van der Waals surface area contributed by atoms with E-state index in [2.05, 4.69) is 10.6 Å². The Morgan fingerprint density at radius 2 is 2.22 bits per heavy atom.